The molecule has 1 aromatic heterocycles. The van der Waals surface area contributed by atoms with Crippen molar-refractivity contribution in [1.29, 1.82) is 0 Å². The molecule has 0 bridgehead atoms. The van der Waals surface area contributed by atoms with E-state index < -0.39 is 5.91 Å². The SMILES string of the molecule is NCC#Cc1cccc(NC(=O)c2c[nH]ccc2=O)c1. The van der Waals surface area contributed by atoms with Crippen LogP contribution in [0.2, 0.25) is 0 Å². The number of anilines is 1. The maximum Gasteiger partial charge on any atom is 0.261 e. The van der Waals surface area contributed by atoms with Gasteiger partial charge in [0.05, 0.1) is 6.54 Å². The number of aromatic amines is 1. The molecule has 100 valence electrons. The summed E-state index contributed by atoms with van der Waals surface area (Å²) in [4.78, 5) is 26.2. The zero-order valence-electron chi connectivity index (χ0n) is 10.6. The number of carbonyl (C=O) groups is 1. The molecule has 1 amide bonds. The topological polar surface area (TPSA) is 88.0 Å². The number of nitrogens with two attached hydrogens (primary N) is 1. The Morgan fingerprint density at radius 3 is 2.95 bits per heavy atom. The van der Waals surface area contributed by atoms with Crippen LogP contribution in [0, 0.1) is 11.8 Å². The van der Waals surface area contributed by atoms with E-state index >= 15 is 0 Å². The Morgan fingerprint density at radius 1 is 1.35 bits per heavy atom. The second-order valence-corrected chi connectivity index (χ2v) is 3.96. The van der Waals surface area contributed by atoms with Crippen molar-refractivity contribution in [3.8, 4) is 11.8 Å². The summed E-state index contributed by atoms with van der Waals surface area (Å²) in [6.45, 7) is 0.274. The Hall–Kier alpha value is -2.84. The molecule has 5 nitrogen and oxygen atoms in total. The van der Waals surface area contributed by atoms with Gasteiger partial charge in [0.15, 0.2) is 5.43 Å². The average molecular weight is 267 g/mol. The second-order valence-electron chi connectivity index (χ2n) is 3.96. The average Bonchev–Trinajstić information content (AvgIpc) is 2.46. The number of H-pyrrole nitrogens is 1. The predicted molar refractivity (Wildman–Crippen MR) is 77.4 cm³/mol. The third-order valence-electron chi connectivity index (χ3n) is 2.52. The van der Waals surface area contributed by atoms with Gasteiger partial charge in [0.25, 0.3) is 5.91 Å². The van der Waals surface area contributed by atoms with E-state index in [0.717, 1.165) is 5.56 Å². The lowest BCUT2D eigenvalue weighted by molar-refractivity contribution is 0.102. The quantitative estimate of drug-likeness (QED) is 0.707. The van der Waals surface area contributed by atoms with E-state index in [0.29, 0.717) is 5.69 Å². The number of carbonyl (C=O) groups excluding carboxylic acids is 1. The van der Waals surface area contributed by atoms with Gasteiger partial charge in [-0.15, -0.1) is 0 Å². The third-order valence-corrected chi connectivity index (χ3v) is 2.52. The first-order valence-electron chi connectivity index (χ1n) is 5.98. The number of aromatic nitrogens is 1. The highest BCUT2D eigenvalue weighted by atomic mass is 16.2. The molecule has 2 rings (SSSR count). The molecule has 2 aromatic rings. The molecule has 0 radical (unpaired) electrons. The van der Waals surface area contributed by atoms with E-state index in [1.165, 1.54) is 18.5 Å². The minimum atomic E-state index is -0.462. The fourth-order valence-electron chi connectivity index (χ4n) is 1.62. The highest BCUT2D eigenvalue weighted by Gasteiger charge is 2.09. The molecule has 0 aliphatic carbocycles. The zero-order chi connectivity index (χ0) is 14.4. The molecular weight excluding hydrogens is 254 g/mol. The van der Waals surface area contributed by atoms with Gasteiger partial charge in [-0.3, -0.25) is 9.59 Å². The molecule has 0 aliphatic rings. The zero-order valence-corrected chi connectivity index (χ0v) is 10.6. The number of amides is 1. The number of hydrogen-bond acceptors (Lipinski definition) is 3. The van der Waals surface area contributed by atoms with E-state index in [1.54, 1.807) is 18.2 Å². The molecule has 20 heavy (non-hydrogen) atoms. The fourth-order valence-corrected chi connectivity index (χ4v) is 1.62. The van der Waals surface area contributed by atoms with Gasteiger partial charge >= 0.3 is 0 Å². The summed E-state index contributed by atoms with van der Waals surface area (Å²) in [5.41, 5.74) is 6.35. The van der Waals surface area contributed by atoms with Crippen LogP contribution in [0.5, 0.6) is 0 Å². The summed E-state index contributed by atoms with van der Waals surface area (Å²) in [7, 11) is 0. The Kier molecular flexibility index (Phi) is 4.32. The van der Waals surface area contributed by atoms with Crippen LogP contribution in [0.15, 0.2) is 47.5 Å². The smallest absolute Gasteiger partial charge is 0.261 e. The second kappa shape index (κ2) is 6.36. The number of pyridine rings is 1. The van der Waals surface area contributed by atoms with E-state index in [4.69, 9.17) is 5.73 Å². The first kappa shape index (κ1) is 13.6. The fraction of sp³-hybridized carbons (Fsp3) is 0.0667. The first-order chi connectivity index (χ1) is 9.70. The van der Waals surface area contributed by atoms with E-state index in [9.17, 15) is 9.59 Å². The van der Waals surface area contributed by atoms with Crippen LogP contribution < -0.4 is 16.5 Å². The molecule has 0 aliphatic heterocycles. The van der Waals surface area contributed by atoms with Gasteiger partial charge in [0.2, 0.25) is 0 Å². The summed E-state index contributed by atoms with van der Waals surface area (Å²) < 4.78 is 0. The van der Waals surface area contributed by atoms with Crippen molar-refractivity contribution in [3.05, 3.63) is 64.1 Å². The van der Waals surface area contributed by atoms with Crippen molar-refractivity contribution < 1.29 is 4.79 Å². The van der Waals surface area contributed by atoms with Gasteiger partial charge in [-0.2, -0.15) is 0 Å². The van der Waals surface area contributed by atoms with E-state index in [2.05, 4.69) is 22.1 Å². The summed E-state index contributed by atoms with van der Waals surface area (Å²) in [6, 6.07) is 8.33. The summed E-state index contributed by atoms with van der Waals surface area (Å²) in [5, 5.41) is 2.66. The third kappa shape index (κ3) is 3.34. The van der Waals surface area contributed by atoms with Crippen LogP contribution in [0.4, 0.5) is 5.69 Å². The molecule has 1 aromatic carbocycles. The van der Waals surface area contributed by atoms with Gasteiger partial charge in [0, 0.05) is 29.7 Å². The Bertz CT molecular complexity index is 738. The summed E-state index contributed by atoms with van der Waals surface area (Å²) in [5.74, 6) is 5.15. The van der Waals surface area contributed by atoms with Crippen LogP contribution in [-0.4, -0.2) is 17.4 Å². The standard InChI is InChI=1S/C15H13N3O2/c16-7-2-4-11-3-1-5-12(9-11)18-15(20)13-10-17-8-6-14(13)19/h1,3,5-6,8-10H,7,16H2,(H,17,19)(H,18,20). The van der Waals surface area contributed by atoms with Crippen LogP contribution in [0.25, 0.3) is 0 Å². The maximum absolute atomic E-state index is 12.0. The van der Waals surface area contributed by atoms with Crippen molar-refractivity contribution in [2.45, 2.75) is 0 Å². The van der Waals surface area contributed by atoms with Gasteiger partial charge < -0.3 is 16.0 Å². The number of rotatable bonds is 2. The molecule has 5 heteroatoms. The minimum Gasteiger partial charge on any atom is -0.367 e. The molecule has 0 spiro atoms. The molecule has 0 atom stereocenters. The molecule has 1 heterocycles. The van der Waals surface area contributed by atoms with Gasteiger partial charge in [-0.05, 0) is 18.2 Å². The molecular formula is C15H13N3O2. The van der Waals surface area contributed by atoms with Crippen LogP contribution in [-0.2, 0) is 0 Å². The first-order valence-corrected chi connectivity index (χ1v) is 5.98. The van der Waals surface area contributed by atoms with Gasteiger partial charge in [-0.1, -0.05) is 17.9 Å². The molecule has 4 N–H and O–H groups in total. The lowest BCUT2D eigenvalue weighted by atomic mass is 10.2. The van der Waals surface area contributed by atoms with Crippen molar-refractivity contribution in [2.75, 3.05) is 11.9 Å². The Morgan fingerprint density at radius 2 is 2.20 bits per heavy atom. The van der Waals surface area contributed by atoms with Crippen LogP contribution in [0.1, 0.15) is 15.9 Å². The van der Waals surface area contributed by atoms with Crippen molar-refractivity contribution in [1.82, 2.24) is 4.98 Å². The monoisotopic (exact) mass is 267 g/mol. The summed E-state index contributed by atoms with van der Waals surface area (Å²) in [6.07, 6.45) is 2.85. The van der Waals surface area contributed by atoms with Crippen molar-refractivity contribution in [3.63, 3.8) is 0 Å². The Balaban J connectivity index is 2.20. The normalized spacial score (nSPS) is 9.45. The highest BCUT2D eigenvalue weighted by molar-refractivity contribution is 6.04. The van der Waals surface area contributed by atoms with Gasteiger partial charge in [-0.25, -0.2) is 0 Å². The maximum atomic E-state index is 12.0. The highest BCUT2D eigenvalue weighted by Crippen LogP contribution is 2.10. The summed E-state index contributed by atoms with van der Waals surface area (Å²) >= 11 is 0. The molecule has 0 saturated carbocycles. The lowest BCUT2D eigenvalue weighted by Crippen LogP contribution is -2.20. The van der Waals surface area contributed by atoms with Gasteiger partial charge in [0.1, 0.15) is 5.56 Å². The molecule has 0 saturated heterocycles. The number of benzene rings is 1. The molecule has 0 unspecified atom stereocenters. The predicted octanol–water partition coefficient (Wildman–Crippen LogP) is 0.937. The van der Waals surface area contributed by atoms with E-state index in [-0.39, 0.29) is 17.5 Å². The van der Waals surface area contributed by atoms with Crippen LogP contribution in [0.3, 0.4) is 0 Å². The van der Waals surface area contributed by atoms with Crippen molar-refractivity contribution in [2.24, 2.45) is 5.73 Å². The lowest BCUT2D eigenvalue weighted by Gasteiger charge is -2.04. The molecule has 0 fully saturated rings. The van der Waals surface area contributed by atoms with E-state index in [1.807, 2.05) is 6.07 Å². The number of hydrogen-bond donors (Lipinski definition) is 3. The number of nitrogens with one attached hydrogen (secondary N) is 2. The van der Waals surface area contributed by atoms with Crippen molar-refractivity contribution >= 4 is 11.6 Å². The van der Waals surface area contributed by atoms with Crippen LogP contribution >= 0.6 is 0 Å². The Labute approximate surface area is 115 Å². The minimum absolute atomic E-state index is 0.0611. The largest absolute Gasteiger partial charge is 0.367 e.